The van der Waals surface area contributed by atoms with Crippen LogP contribution in [0.4, 0.5) is 15.0 Å². The number of alkyl halides is 1. The molecule has 2 aliphatic heterocycles. The molecule has 288 valence electrons. The number of esters is 4. The number of carbonyl (C=O) groups is 5. The minimum absolute atomic E-state index is 0.0599. The summed E-state index contributed by atoms with van der Waals surface area (Å²) in [5, 5.41) is 24.6. The fourth-order valence-electron chi connectivity index (χ4n) is 4.85. The second-order valence-corrected chi connectivity index (χ2v) is 15.1. The van der Waals surface area contributed by atoms with E-state index in [4.69, 9.17) is 56.0 Å². The molecule has 0 spiro atoms. The minimum Gasteiger partial charge on any atom is -0.463 e. The SMILES string of the molecule is CC(=O)OC[C@H](F)C1O[C@@H](OP(=O)(O)OP(O)(=S)OC[C@H]2O[C@@H](c3cnn(C(N)=O)c3N)C(O)C2O)C(OC(C)=O)C(OC(C)=O)[C@@H]1OC(C)=O. The average molecular weight is 797 g/mol. The molecule has 0 aromatic carbocycles. The number of aliphatic hydroxyl groups excluding tert-OH is 2. The topological polar surface area (TPSA) is 336 Å². The Labute approximate surface area is 291 Å². The van der Waals surface area contributed by atoms with E-state index in [-0.39, 0.29) is 11.4 Å². The van der Waals surface area contributed by atoms with E-state index in [0.29, 0.717) is 4.68 Å². The number of carbonyl (C=O) groups excluding carboxylic acids is 5. The van der Waals surface area contributed by atoms with E-state index >= 15 is 4.39 Å². The van der Waals surface area contributed by atoms with E-state index in [1.807, 2.05) is 0 Å². The van der Waals surface area contributed by atoms with Crippen molar-refractivity contribution >= 4 is 62.1 Å². The number of nitrogens with zero attached hydrogens (tertiary/aromatic N) is 2. The minimum atomic E-state index is -5.75. The zero-order chi connectivity index (χ0) is 38.6. The molecule has 12 atom stereocenters. The average Bonchev–Trinajstić information content (AvgIpc) is 3.50. The highest BCUT2D eigenvalue weighted by molar-refractivity contribution is 8.08. The van der Waals surface area contributed by atoms with Gasteiger partial charge in [-0.05, 0) is 11.8 Å². The van der Waals surface area contributed by atoms with E-state index in [1.54, 1.807) is 0 Å². The maximum absolute atomic E-state index is 15.4. The number of ether oxygens (including phenoxy) is 6. The first-order valence-electron chi connectivity index (χ1n) is 14.3. The van der Waals surface area contributed by atoms with Gasteiger partial charge in [0.2, 0.25) is 6.29 Å². The molecule has 0 bridgehead atoms. The molecule has 1 aromatic heterocycles. The second-order valence-electron chi connectivity index (χ2n) is 10.7. The number of rotatable bonds is 14. The van der Waals surface area contributed by atoms with E-state index in [9.17, 15) is 48.5 Å². The van der Waals surface area contributed by atoms with Crippen molar-refractivity contribution in [2.45, 2.75) is 89.0 Å². The highest BCUT2D eigenvalue weighted by Gasteiger charge is 2.57. The van der Waals surface area contributed by atoms with E-state index < -0.39 is 119 Å². The Morgan fingerprint density at radius 2 is 1.55 bits per heavy atom. The largest absolute Gasteiger partial charge is 0.481 e. The number of anilines is 1. The van der Waals surface area contributed by atoms with Crippen LogP contribution >= 0.6 is 14.5 Å². The molecule has 2 aliphatic rings. The molecule has 1 amide bonds. The molecule has 3 rings (SSSR count). The van der Waals surface area contributed by atoms with Crippen molar-refractivity contribution in [1.29, 1.82) is 0 Å². The number of nitrogens with two attached hydrogens (primary N) is 2. The Bertz CT molecular complexity index is 1580. The molecule has 2 fully saturated rings. The predicted octanol–water partition coefficient (Wildman–Crippen LogP) is -1.66. The van der Waals surface area contributed by atoms with Crippen molar-refractivity contribution in [3.63, 3.8) is 0 Å². The number of phosphoric ester groups is 1. The van der Waals surface area contributed by atoms with Crippen LogP contribution in [0.3, 0.4) is 0 Å². The highest BCUT2D eigenvalue weighted by Crippen LogP contribution is 2.62. The lowest BCUT2D eigenvalue weighted by atomic mass is 9.95. The van der Waals surface area contributed by atoms with Crippen molar-refractivity contribution in [1.82, 2.24) is 9.78 Å². The third kappa shape index (κ3) is 11.2. The van der Waals surface area contributed by atoms with E-state index in [2.05, 4.69) is 14.1 Å². The number of halogens is 1. The molecule has 1 aromatic rings. The zero-order valence-corrected chi connectivity index (χ0v) is 29.5. The van der Waals surface area contributed by atoms with Gasteiger partial charge in [0.05, 0.1) is 12.8 Å². The summed E-state index contributed by atoms with van der Waals surface area (Å²) in [6.45, 7) is -3.27. The summed E-state index contributed by atoms with van der Waals surface area (Å²) >= 11 is 4.77. The molecular weight excluding hydrogens is 761 g/mol. The van der Waals surface area contributed by atoms with Gasteiger partial charge >= 0.3 is 44.4 Å². The van der Waals surface area contributed by atoms with Gasteiger partial charge in [-0.15, -0.1) is 0 Å². The van der Waals surface area contributed by atoms with E-state index in [1.165, 1.54) is 0 Å². The van der Waals surface area contributed by atoms with Gasteiger partial charge in [0.15, 0.2) is 24.5 Å². The van der Waals surface area contributed by atoms with Crippen LogP contribution in [-0.2, 0) is 77.3 Å². The molecule has 0 saturated carbocycles. The zero-order valence-electron chi connectivity index (χ0n) is 26.9. The molecule has 8 N–H and O–H groups in total. The third-order valence-corrected chi connectivity index (χ3v) is 10.3. The number of phosphoric acid groups is 1. The summed E-state index contributed by atoms with van der Waals surface area (Å²) in [7, 11) is -5.75. The predicted molar refractivity (Wildman–Crippen MR) is 163 cm³/mol. The fraction of sp³-hybridized carbons (Fsp3) is 0.667. The van der Waals surface area contributed by atoms with Crippen LogP contribution in [0, 0.1) is 0 Å². The lowest BCUT2D eigenvalue weighted by Crippen LogP contribution is -2.64. The van der Waals surface area contributed by atoms with Crippen molar-refractivity contribution in [2.75, 3.05) is 18.9 Å². The van der Waals surface area contributed by atoms with Crippen molar-refractivity contribution in [2.24, 2.45) is 5.73 Å². The molecule has 27 heteroatoms. The smallest absolute Gasteiger partial charge is 0.463 e. The van der Waals surface area contributed by atoms with Crippen LogP contribution in [0.5, 0.6) is 0 Å². The first-order valence-corrected chi connectivity index (χ1v) is 18.4. The van der Waals surface area contributed by atoms with Gasteiger partial charge in [-0.25, -0.2) is 18.1 Å². The standard InChI is InChI=1S/C24H35FN4O19P2S/c1-8(30)40-6-13(25)18-19(42-9(2)31)20(43-10(3)32)21(44-11(4)33)23(46-18)47-49(37,38)48-50(39,51)41-7-14-15(34)16(35)17(45-14)12-5-28-29(22(12)26)24(27)36/h5,13-21,23,34-35H,6-7,26H2,1-4H3,(H2,27,36)(H,37,38)(H,39,51)/t13-,14+,15?,16?,17-,18?,19+,20?,21?,23-,50?/m0/s1. The molecule has 7 unspecified atom stereocenters. The first kappa shape index (κ1) is 42.2. The normalized spacial score (nSPS) is 30.6. The number of amides is 1. The summed E-state index contributed by atoms with van der Waals surface area (Å²) < 4.78 is 74.5. The molecule has 23 nitrogen and oxygen atoms in total. The van der Waals surface area contributed by atoms with Gasteiger partial charge in [-0.3, -0.25) is 23.7 Å². The molecule has 0 radical (unpaired) electrons. The summed E-state index contributed by atoms with van der Waals surface area (Å²) in [6.07, 6.45) is -18.2. The van der Waals surface area contributed by atoms with Gasteiger partial charge in [0.25, 0.3) is 0 Å². The monoisotopic (exact) mass is 796 g/mol. The lowest BCUT2D eigenvalue weighted by Gasteiger charge is -2.44. The maximum atomic E-state index is 15.4. The number of hydrogen-bond acceptors (Lipinski definition) is 20. The van der Waals surface area contributed by atoms with E-state index in [0.717, 1.165) is 33.9 Å². The highest BCUT2D eigenvalue weighted by atomic mass is 32.5. The van der Waals surface area contributed by atoms with Crippen LogP contribution in [0.2, 0.25) is 0 Å². The van der Waals surface area contributed by atoms with Crippen LogP contribution in [0.25, 0.3) is 0 Å². The summed E-state index contributed by atoms with van der Waals surface area (Å²) in [4.78, 5) is 79.8. The third-order valence-electron chi connectivity index (χ3n) is 6.80. The molecule has 0 aliphatic carbocycles. The molecule has 51 heavy (non-hydrogen) atoms. The Hall–Kier alpha value is -3.19. The van der Waals surface area contributed by atoms with Crippen LogP contribution in [-0.4, -0.2) is 128 Å². The number of aromatic nitrogens is 2. The van der Waals surface area contributed by atoms with Gasteiger partial charge in [0, 0.05) is 33.3 Å². The fourth-order valence-corrected chi connectivity index (χ4v) is 7.95. The van der Waals surface area contributed by atoms with Gasteiger partial charge in [-0.2, -0.15) is 9.78 Å². The quantitative estimate of drug-likeness (QED) is 0.0697. The number of aliphatic hydroxyl groups is 2. The van der Waals surface area contributed by atoms with Crippen LogP contribution in [0.1, 0.15) is 39.4 Å². The van der Waals surface area contributed by atoms with Crippen LogP contribution in [0.15, 0.2) is 6.20 Å². The maximum Gasteiger partial charge on any atom is 0.481 e. The number of hydrogen-bond donors (Lipinski definition) is 6. The summed E-state index contributed by atoms with van der Waals surface area (Å²) in [6, 6.07) is -1.06. The summed E-state index contributed by atoms with van der Waals surface area (Å²) in [5.74, 6) is -4.56. The molecule has 3 heterocycles. The first-order chi connectivity index (χ1) is 23.5. The molecular formula is C24H35FN4O19P2S. The van der Waals surface area contributed by atoms with Crippen molar-refractivity contribution in [3.05, 3.63) is 11.8 Å². The van der Waals surface area contributed by atoms with Crippen molar-refractivity contribution in [3.8, 4) is 0 Å². The number of nitrogen functional groups attached to an aromatic ring is 1. The summed E-state index contributed by atoms with van der Waals surface area (Å²) in [5.41, 5.74) is 10.9. The van der Waals surface area contributed by atoms with Crippen molar-refractivity contribution < 1.29 is 94.7 Å². The Morgan fingerprint density at radius 1 is 0.980 bits per heavy atom. The van der Waals surface area contributed by atoms with Crippen LogP contribution < -0.4 is 11.5 Å². The lowest BCUT2D eigenvalue weighted by molar-refractivity contribution is -0.296. The Morgan fingerprint density at radius 3 is 2.08 bits per heavy atom. The van der Waals surface area contributed by atoms with Gasteiger partial charge in [-0.1, -0.05) is 0 Å². The van der Waals surface area contributed by atoms with Gasteiger partial charge in [0.1, 0.15) is 42.9 Å². The molecule has 2 saturated heterocycles. The Balaban J connectivity index is 1.82. The second kappa shape index (κ2) is 17.1. The number of primary amides is 1. The Kier molecular flexibility index (Phi) is 14.2. The van der Waals surface area contributed by atoms with Gasteiger partial charge < -0.3 is 64.4 Å².